The molecule has 0 N–H and O–H groups in total. The molecule has 1 amide bonds. The van der Waals surface area contributed by atoms with Gasteiger partial charge in [-0.2, -0.15) is 0 Å². The lowest BCUT2D eigenvalue weighted by atomic mass is 10.0. The molecule has 2 fully saturated rings. The summed E-state index contributed by atoms with van der Waals surface area (Å²) in [5.74, 6) is 1.43. The van der Waals surface area contributed by atoms with E-state index in [-0.39, 0.29) is 5.91 Å². The number of hydrogen-bond acceptors (Lipinski definition) is 3. The van der Waals surface area contributed by atoms with Gasteiger partial charge in [-0.3, -0.25) is 9.78 Å². The van der Waals surface area contributed by atoms with E-state index in [2.05, 4.69) is 0 Å². The molecule has 0 radical (unpaired) electrons. The van der Waals surface area contributed by atoms with Gasteiger partial charge in [0, 0.05) is 30.1 Å². The van der Waals surface area contributed by atoms with Gasteiger partial charge in [-0.15, -0.1) is 0 Å². The molecule has 4 nitrogen and oxygen atoms in total. The van der Waals surface area contributed by atoms with Crippen molar-refractivity contribution in [1.82, 2.24) is 9.88 Å². The summed E-state index contributed by atoms with van der Waals surface area (Å²) in [4.78, 5) is 19.3. The number of pyridine rings is 1. The van der Waals surface area contributed by atoms with Crippen LogP contribution in [0.1, 0.15) is 41.2 Å². The molecule has 0 atom stereocenters. The molecule has 2 heterocycles. The molecule has 4 rings (SSSR count). The van der Waals surface area contributed by atoms with Crippen LogP contribution in [-0.2, 0) is 0 Å². The van der Waals surface area contributed by atoms with Gasteiger partial charge in [0.05, 0.1) is 18.2 Å². The Hall–Kier alpha value is -2.10. The molecular formula is C17H18N2O2. The number of carbonyl (C=O) groups excluding carboxylic acids is 1. The van der Waals surface area contributed by atoms with E-state index in [4.69, 9.17) is 9.72 Å². The molecule has 1 saturated heterocycles. The number of amides is 1. The molecule has 0 unspecified atom stereocenters. The van der Waals surface area contributed by atoms with Crippen molar-refractivity contribution in [3.8, 4) is 5.75 Å². The van der Waals surface area contributed by atoms with Crippen molar-refractivity contribution in [3.63, 3.8) is 0 Å². The Morgan fingerprint density at radius 3 is 2.71 bits per heavy atom. The van der Waals surface area contributed by atoms with Crippen molar-refractivity contribution in [2.75, 3.05) is 20.2 Å². The van der Waals surface area contributed by atoms with Crippen LogP contribution in [0.5, 0.6) is 5.75 Å². The smallest absolute Gasteiger partial charge is 0.254 e. The Labute approximate surface area is 123 Å². The second kappa shape index (κ2) is 4.72. The van der Waals surface area contributed by atoms with Crippen molar-refractivity contribution < 1.29 is 9.53 Å². The fourth-order valence-corrected chi connectivity index (χ4v) is 2.81. The Morgan fingerprint density at radius 2 is 2.10 bits per heavy atom. The minimum absolute atomic E-state index is 0.129. The summed E-state index contributed by atoms with van der Waals surface area (Å²) in [6.07, 6.45) is 3.48. The zero-order chi connectivity index (χ0) is 14.4. The first kappa shape index (κ1) is 12.6. The Kier molecular flexibility index (Phi) is 2.84. The molecule has 1 aromatic heterocycles. The summed E-state index contributed by atoms with van der Waals surface area (Å²) in [7, 11) is 1.64. The Bertz CT molecular complexity index is 718. The second-order valence-electron chi connectivity index (χ2n) is 5.90. The third kappa shape index (κ3) is 2.15. The number of rotatable bonds is 3. The van der Waals surface area contributed by atoms with E-state index in [0.29, 0.717) is 5.92 Å². The van der Waals surface area contributed by atoms with Gasteiger partial charge in [0.2, 0.25) is 0 Å². The number of fused-ring (bicyclic) bond motifs is 1. The van der Waals surface area contributed by atoms with E-state index in [1.165, 1.54) is 12.8 Å². The van der Waals surface area contributed by atoms with Crippen molar-refractivity contribution in [2.24, 2.45) is 0 Å². The molecule has 0 bridgehead atoms. The molecule has 0 spiro atoms. The average molecular weight is 282 g/mol. The molecule has 1 aliphatic carbocycles. The highest BCUT2D eigenvalue weighted by Gasteiger charge is 2.29. The van der Waals surface area contributed by atoms with E-state index in [0.717, 1.165) is 47.4 Å². The van der Waals surface area contributed by atoms with Crippen molar-refractivity contribution in [1.29, 1.82) is 0 Å². The van der Waals surface area contributed by atoms with Crippen LogP contribution in [0, 0.1) is 0 Å². The number of carbonyl (C=O) groups is 1. The maximum absolute atomic E-state index is 12.7. The number of ether oxygens (including phenoxy) is 1. The maximum atomic E-state index is 12.7. The van der Waals surface area contributed by atoms with E-state index < -0.39 is 0 Å². The van der Waals surface area contributed by atoms with Crippen LogP contribution in [0.15, 0.2) is 24.3 Å². The van der Waals surface area contributed by atoms with Gasteiger partial charge < -0.3 is 9.64 Å². The van der Waals surface area contributed by atoms with Gasteiger partial charge in [-0.25, -0.2) is 0 Å². The number of benzene rings is 1. The molecule has 21 heavy (non-hydrogen) atoms. The SMILES string of the molecule is COc1ccc2nc(C3CC3)cc(C(=O)N3CCC3)c2c1. The highest BCUT2D eigenvalue weighted by atomic mass is 16.5. The lowest BCUT2D eigenvalue weighted by molar-refractivity contribution is 0.0653. The normalized spacial score (nSPS) is 17.7. The summed E-state index contributed by atoms with van der Waals surface area (Å²) in [6.45, 7) is 1.73. The van der Waals surface area contributed by atoms with Crippen LogP contribution in [-0.4, -0.2) is 36.0 Å². The molecular weight excluding hydrogens is 264 g/mol. The molecule has 2 aromatic rings. The third-order valence-electron chi connectivity index (χ3n) is 4.40. The molecule has 1 aliphatic heterocycles. The van der Waals surface area contributed by atoms with E-state index in [9.17, 15) is 4.79 Å². The minimum atomic E-state index is 0.129. The lowest BCUT2D eigenvalue weighted by Crippen LogP contribution is -2.42. The molecule has 108 valence electrons. The second-order valence-corrected chi connectivity index (χ2v) is 5.90. The van der Waals surface area contributed by atoms with E-state index in [1.54, 1.807) is 7.11 Å². The summed E-state index contributed by atoms with van der Waals surface area (Å²) in [6, 6.07) is 7.78. The largest absolute Gasteiger partial charge is 0.497 e. The first-order chi connectivity index (χ1) is 10.3. The zero-order valence-corrected chi connectivity index (χ0v) is 12.1. The van der Waals surface area contributed by atoms with Crippen LogP contribution >= 0.6 is 0 Å². The highest BCUT2D eigenvalue weighted by molar-refractivity contribution is 6.06. The summed E-state index contributed by atoms with van der Waals surface area (Å²) >= 11 is 0. The van der Waals surface area contributed by atoms with Crippen molar-refractivity contribution in [3.05, 3.63) is 35.5 Å². The molecule has 4 heteroatoms. The Balaban J connectivity index is 1.88. The number of methoxy groups -OCH3 is 1. The standard InChI is InChI=1S/C17H18N2O2/c1-21-12-5-6-15-13(9-12)14(17(20)19-7-2-8-19)10-16(18-15)11-3-4-11/h5-6,9-11H,2-4,7-8H2,1H3. The quantitative estimate of drug-likeness (QED) is 0.869. The summed E-state index contributed by atoms with van der Waals surface area (Å²) in [5.41, 5.74) is 2.74. The molecule has 1 aromatic carbocycles. The number of likely N-dealkylation sites (tertiary alicyclic amines) is 1. The van der Waals surface area contributed by atoms with Crippen LogP contribution in [0.4, 0.5) is 0 Å². The van der Waals surface area contributed by atoms with Crippen LogP contribution in [0.2, 0.25) is 0 Å². The minimum Gasteiger partial charge on any atom is -0.497 e. The van der Waals surface area contributed by atoms with Crippen molar-refractivity contribution >= 4 is 16.8 Å². The van der Waals surface area contributed by atoms with Crippen LogP contribution in [0.25, 0.3) is 10.9 Å². The molecule has 1 saturated carbocycles. The highest BCUT2D eigenvalue weighted by Crippen LogP contribution is 2.40. The number of hydrogen-bond donors (Lipinski definition) is 0. The predicted molar refractivity (Wildman–Crippen MR) is 80.8 cm³/mol. The predicted octanol–water partition coefficient (Wildman–Crippen LogP) is 2.97. The van der Waals surface area contributed by atoms with Crippen LogP contribution in [0.3, 0.4) is 0 Å². The van der Waals surface area contributed by atoms with Gasteiger partial charge in [-0.1, -0.05) is 0 Å². The summed E-state index contributed by atoms with van der Waals surface area (Å²) in [5, 5.41) is 0.899. The average Bonchev–Trinajstić information content (AvgIpc) is 3.28. The van der Waals surface area contributed by atoms with Gasteiger partial charge in [-0.05, 0) is 43.5 Å². The van der Waals surface area contributed by atoms with Gasteiger partial charge in [0.1, 0.15) is 5.75 Å². The fourth-order valence-electron chi connectivity index (χ4n) is 2.81. The van der Waals surface area contributed by atoms with Crippen LogP contribution < -0.4 is 4.74 Å². The maximum Gasteiger partial charge on any atom is 0.254 e. The third-order valence-corrected chi connectivity index (χ3v) is 4.40. The number of nitrogens with zero attached hydrogens (tertiary/aromatic N) is 2. The first-order valence-corrected chi connectivity index (χ1v) is 7.54. The lowest BCUT2D eigenvalue weighted by Gasteiger charge is -2.31. The first-order valence-electron chi connectivity index (χ1n) is 7.54. The number of aromatic nitrogens is 1. The summed E-state index contributed by atoms with van der Waals surface area (Å²) < 4.78 is 5.30. The van der Waals surface area contributed by atoms with Gasteiger partial charge in [0.15, 0.2) is 0 Å². The Morgan fingerprint density at radius 1 is 1.29 bits per heavy atom. The van der Waals surface area contributed by atoms with Crippen molar-refractivity contribution in [2.45, 2.75) is 25.2 Å². The van der Waals surface area contributed by atoms with E-state index >= 15 is 0 Å². The fraction of sp³-hybridized carbons (Fsp3) is 0.412. The monoisotopic (exact) mass is 282 g/mol. The topological polar surface area (TPSA) is 42.4 Å². The molecule has 2 aliphatic rings. The van der Waals surface area contributed by atoms with Gasteiger partial charge in [0.25, 0.3) is 5.91 Å². The zero-order valence-electron chi connectivity index (χ0n) is 12.1. The van der Waals surface area contributed by atoms with E-state index in [1.807, 2.05) is 29.2 Å². The van der Waals surface area contributed by atoms with Gasteiger partial charge >= 0.3 is 0 Å².